The van der Waals surface area contributed by atoms with Gasteiger partial charge in [0.15, 0.2) is 0 Å². The molecular formula is C17H22N4O3. The molecule has 7 nitrogen and oxygen atoms in total. The average molecular weight is 330 g/mol. The summed E-state index contributed by atoms with van der Waals surface area (Å²) in [6.07, 6.45) is -0.517. The molecule has 0 aliphatic heterocycles. The smallest absolute Gasteiger partial charge is 0.412 e. The van der Waals surface area contributed by atoms with Crippen molar-refractivity contribution in [3.8, 4) is 0 Å². The van der Waals surface area contributed by atoms with Gasteiger partial charge in [0.2, 0.25) is 5.95 Å². The number of rotatable bonds is 4. The summed E-state index contributed by atoms with van der Waals surface area (Å²) >= 11 is 0. The van der Waals surface area contributed by atoms with Crippen LogP contribution in [0.2, 0.25) is 0 Å². The maximum Gasteiger partial charge on any atom is 0.412 e. The summed E-state index contributed by atoms with van der Waals surface area (Å²) in [5.41, 5.74) is 1.32. The molecule has 1 heterocycles. The monoisotopic (exact) mass is 330 g/mol. The highest BCUT2D eigenvalue weighted by molar-refractivity contribution is 5.86. The first kappa shape index (κ1) is 17.5. The standard InChI is InChI=1S/C17H22N4O3/c1-11-9-14(22)21-15(19-11)18-10-12-7-5-6-8-13(12)20-16(23)24-17(2,3)4/h5-9H,10H2,1-4H3,(H,20,23)(H2,18,19,21,22). The molecular weight excluding hydrogens is 308 g/mol. The van der Waals surface area contributed by atoms with Crippen LogP contribution in [-0.2, 0) is 11.3 Å². The first-order valence-electron chi connectivity index (χ1n) is 7.63. The van der Waals surface area contributed by atoms with E-state index >= 15 is 0 Å². The minimum Gasteiger partial charge on any atom is -0.444 e. The van der Waals surface area contributed by atoms with E-state index in [1.807, 2.05) is 18.2 Å². The fraction of sp³-hybridized carbons (Fsp3) is 0.353. The van der Waals surface area contributed by atoms with Crippen LogP contribution in [0, 0.1) is 6.92 Å². The Morgan fingerprint density at radius 3 is 2.67 bits per heavy atom. The van der Waals surface area contributed by atoms with Crippen LogP contribution in [0.3, 0.4) is 0 Å². The van der Waals surface area contributed by atoms with Crippen molar-refractivity contribution in [2.45, 2.75) is 39.8 Å². The Morgan fingerprint density at radius 1 is 1.29 bits per heavy atom. The summed E-state index contributed by atoms with van der Waals surface area (Å²) in [6.45, 7) is 7.55. The number of aromatic amines is 1. The van der Waals surface area contributed by atoms with Gasteiger partial charge >= 0.3 is 6.09 Å². The molecule has 0 aliphatic carbocycles. The quantitative estimate of drug-likeness (QED) is 0.801. The van der Waals surface area contributed by atoms with Crippen molar-refractivity contribution < 1.29 is 9.53 Å². The van der Waals surface area contributed by atoms with E-state index < -0.39 is 11.7 Å². The Hall–Kier alpha value is -2.83. The van der Waals surface area contributed by atoms with Gasteiger partial charge < -0.3 is 10.1 Å². The molecule has 0 fully saturated rings. The number of carbonyl (C=O) groups is 1. The van der Waals surface area contributed by atoms with Crippen molar-refractivity contribution in [2.24, 2.45) is 0 Å². The van der Waals surface area contributed by atoms with Crippen molar-refractivity contribution in [3.63, 3.8) is 0 Å². The van der Waals surface area contributed by atoms with Crippen LogP contribution < -0.4 is 16.2 Å². The van der Waals surface area contributed by atoms with Gasteiger partial charge in [-0.2, -0.15) is 0 Å². The fourth-order valence-corrected chi connectivity index (χ4v) is 2.05. The third-order valence-electron chi connectivity index (χ3n) is 2.97. The van der Waals surface area contributed by atoms with Crippen LogP contribution in [-0.4, -0.2) is 21.7 Å². The highest BCUT2D eigenvalue weighted by Crippen LogP contribution is 2.17. The third-order valence-corrected chi connectivity index (χ3v) is 2.97. The average Bonchev–Trinajstić information content (AvgIpc) is 2.43. The molecule has 128 valence electrons. The lowest BCUT2D eigenvalue weighted by molar-refractivity contribution is 0.0636. The predicted octanol–water partition coefficient (Wildman–Crippen LogP) is 3.04. The minimum absolute atomic E-state index is 0.217. The second kappa shape index (κ2) is 7.16. The molecule has 2 rings (SSSR count). The number of nitrogens with one attached hydrogen (secondary N) is 3. The van der Waals surface area contributed by atoms with E-state index in [0.29, 0.717) is 23.9 Å². The van der Waals surface area contributed by atoms with Crippen molar-refractivity contribution in [1.29, 1.82) is 0 Å². The molecule has 7 heteroatoms. The largest absolute Gasteiger partial charge is 0.444 e. The number of hydrogen-bond donors (Lipinski definition) is 3. The van der Waals surface area contributed by atoms with Gasteiger partial charge in [0.05, 0.1) is 0 Å². The number of anilines is 2. The second-order valence-electron chi connectivity index (χ2n) is 6.37. The van der Waals surface area contributed by atoms with Crippen LogP contribution in [0.4, 0.5) is 16.4 Å². The highest BCUT2D eigenvalue weighted by atomic mass is 16.6. The Labute approximate surface area is 140 Å². The number of para-hydroxylation sites is 1. The normalized spacial score (nSPS) is 11.0. The fourth-order valence-electron chi connectivity index (χ4n) is 2.05. The predicted molar refractivity (Wildman–Crippen MR) is 93.2 cm³/mol. The van der Waals surface area contributed by atoms with E-state index in [9.17, 15) is 9.59 Å². The molecule has 24 heavy (non-hydrogen) atoms. The summed E-state index contributed by atoms with van der Waals surface area (Å²) in [5, 5.41) is 5.78. The van der Waals surface area contributed by atoms with Crippen molar-refractivity contribution in [1.82, 2.24) is 9.97 Å². The molecule has 2 aromatic rings. The van der Waals surface area contributed by atoms with Crippen LogP contribution in [0.25, 0.3) is 0 Å². The third kappa shape index (κ3) is 5.42. The zero-order valence-electron chi connectivity index (χ0n) is 14.3. The Bertz CT molecular complexity index is 778. The van der Waals surface area contributed by atoms with Crippen molar-refractivity contribution >= 4 is 17.7 Å². The SMILES string of the molecule is Cc1cc(=O)[nH]c(NCc2ccccc2NC(=O)OC(C)(C)C)n1. The van der Waals surface area contributed by atoms with Gasteiger partial charge in [0, 0.05) is 24.0 Å². The molecule has 0 saturated carbocycles. The lowest BCUT2D eigenvalue weighted by Crippen LogP contribution is -2.27. The van der Waals surface area contributed by atoms with Gasteiger partial charge in [0.1, 0.15) is 5.60 Å². The number of ether oxygens (including phenoxy) is 1. The molecule has 0 radical (unpaired) electrons. The molecule has 0 aliphatic rings. The zero-order valence-corrected chi connectivity index (χ0v) is 14.3. The molecule has 0 atom stereocenters. The molecule has 0 spiro atoms. The molecule has 0 bridgehead atoms. The van der Waals surface area contributed by atoms with Gasteiger partial charge in [0.25, 0.3) is 5.56 Å². The van der Waals surface area contributed by atoms with Crippen LogP contribution in [0.5, 0.6) is 0 Å². The van der Waals surface area contributed by atoms with Gasteiger partial charge in [-0.15, -0.1) is 0 Å². The summed E-state index contributed by atoms with van der Waals surface area (Å²) in [4.78, 5) is 30.2. The lowest BCUT2D eigenvalue weighted by atomic mass is 10.1. The van der Waals surface area contributed by atoms with Gasteiger partial charge in [-0.05, 0) is 39.3 Å². The summed E-state index contributed by atoms with van der Waals surface area (Å²) in [7, 11) is 0. The van der Waals surface area contributed by atoms with Crippen LogP contribution in [0.15, 0.2) is 35.1 Å². The molecule has 3 N–H and O–H groups in total. The molecule has 0 unspecified atom stereocenters. The first-order valence-corrected chi connectivity index (χ1v) is 7.63. The zero-order chi connectivity index (χ0) is 17.7. The minimum atomic E-state index is -0.567. The lowest BCUT2D eigenvalue weighted by Gasteiger charge is -2.20. The molecule has 0 saturated heterocycles. The molecule has 1 aromatic carbocycles. The van der Waals surface area contributed by atoms with E-state index in [1.165, 1.54) is 6.07 Å². The number of nitrogens with zero attached hydrogens (tertiary/aromatic N) is 1. The van der Waals surface area contributed by atoms with E-state index in [-0.39, 0.29) is 5.56 Å². The van der Waals surface area contributed by atoms with Crippen molar-refractivity contribution in [3.05, 3.63) is 51.9 Å². The maximum atomic E-state index is 11.9. The highest BCUT2D eigenvalue weighted by Gasteiger charge is 2.17. The number of amides is 1. The summed E-state index contributed by atoms with van der Waals surface area (Å²) in [5.74, 6) is 0.382. The van der Waals surface area contributed by atoms with E-state index in [1.54, 1.807) is 33.8 Å². The molecule has 1 amide bonds. The second-order valence-corrected chi connectivity index (χ2v) is 6.37. The maximum absolute atomic E-state index is 11.9. The number of benzene rings is 1. The van der Waals surface area contributed by atoms with E-state index in [0.717, 1.165) is 5.56 Å². The topological polar surface area (TPSA) is 96.1 Å². The number of carbonyl (C=O) groups excluding carboxylic acids is 1. The van der Waals surface area contributed by atoms with E-state index in [4.69, 9.17) is 4.74 Å². The summed E-state index contributed by atoms with van der Waals surface area (Å²) < 4.78 is 5.26. The Balaban J connectivity index is 2.08. The Morgan fingerprint density at radius 2 is 2.00 bits per heavy atom. The first-order chi connectivity index (χ1) is 11.2. The van der Waals surface area contributed by atoms with Gasteiger partial charge in [-0.3, -0.25) is 15.1 Å². The van der Waals surface area contributed by atoms with Crippen LogP contribution >= 0.6 is 0 Å². The molecule has 1 aromatic heterocycles. The number of aryl methyl sites for hydroxylation is 1. The van der Waals surface area contributed by atoms with Gasteiger partial charge in [-0.25, -0.2) is 9.78 Å². The number of aromatic nitrogens is 2. The van der Waals surface area contributed by atoms with Gasteiger partial charge in [-0.1, -0.05) is 18.2 Å². The van der Waals surface area contributed by atoms with E-state index in [2.05, 4.69) is 20.6 Å². The van der Waals surface area contributed by atoms with Crippen molar-refractivity contribution in [2.75, 3.05) is 10.6 Å². The Kier molecular flexibility index (Phi) is 5.23. The summed E-state index contributed by atoms with van der Waals surface area (Å²) in [6, 6.07) is 8.76. The number of hydrogen-bond acceptors (Lipinski definition) is 5. The number of H-pyrrole nitrogens is 1. The van der Waals surface area contributed by atoms with Crippen LogP contribution in [0.1, 0.15) is 32.0 Å².